The zero-order chi connectivity index (χ0) is 35.7. The van der Waals surface area contributed by atoms with Gasteiger partial charge in [0.15, 0.2) is 0 Å². The van der Waals surface area contributed by atoms with Crippen LogP contribution in [0.5, 0.6) is 0 Å². The molecule has 0 saturated carbocycles. The van der Waals surface area contributed by atoms with E-state index in [1.807, 2.05) is 47.0 Å². The first-order valence-corrected chi connectivity index (χ1v) is 17.5. The summed E-state index contributed by atoms with van der Waals surface area (Å²) in [7, 11) is 0. The van der Waals surface area contributed by atoms with Crippen molar-refractivity contribution in [1.82, 2.24) is 9.55 Å². The van der Waals surface area contributed by atoms with Crippen LogP contribution >= 0.6 is 0 Å². The van der Waals surface area contributed by atoms with Gasteiger partial charge in [-0.3, -0.25) is 4.57 Å². The standard InChI is InChI=1S/C48H29F3N2/c49-48(50,51)33-25-26-44-43(29-33)52-47(53(44)34-16-2-1-3-17-34)32-15-12-14-31(27-32)45-38-21-8-10-23-40(38)46(41-24-11-9-22-39(41)45)42-28-30-13-4-5-18-35(30)36-19-6-7-20-37(36)42/h1-29H. The van der Waals surface area contributed by atoms with Gasteiger partial charge < -0.3 is 0 Å². The number of aromatic nitrogens is 2. The Kier molecular flexibility index (Phi) is 6.99. The molecular formula is C48H29F3N2. The van der Waals surface area contributed by atoms with E-state index in [4.69, 9.17) is 4.98 Å². The second kappa shape index (κ2) is 11.9. The van der Waals surface area contributed by atoms with Gasteiger partial charge in [0.25, 0.3) is 0 Å². The van der Waals surface area contributed by atoms with Gasteiger partial charge in [-0.1, -0.05) is 133 Å². The van der Waals surface area contributed by atoms with Gasteiger partial charge >= 0.3 is 6.18 Å². The minimum Gasteiger partial charge on any atom is -0.292 e. The van der Waals surface area contributed by atoms with Crippen LogP contribution in [0, 0.1) is 0 Å². The maximum absolute atomic E-state index is 13.8. The van der Waals surface area contributed by atoms with Gasteiger partial charge in [-0.2, -0.15) is 13.2 Å². The van der Waals surface area contributed by atoms with Gasteiger partial charge in [0.2, 0.25) is 0 Å². The van der Waals surface area contributed by atoms with E-state index in [1.54, 1.807) is 0 Å². The quantitative estimate of drug-likeness (QED) is 0.133. The molecule has 5 heteroatoms. The summed E-state index contributed by atoms with van der Waals surface area (Å²) in [6.45, 7) is 0. The minimum atomic E-state index is -4.47. The Labute approximate surface area is 303 Å². The molecule has 0 N–H and O–H groups in total. The zero-order valence-corrected chi connectivity index (χ0v) is 28.3. The van der Waals surface area contributed by atoms with Crippen LogP contribution in [0.1, 0.15) is 5.56 Å². The summed E-state index contributed by atoms with van der Waals surface area (Å²) in [5.41, 5.74) is 6.24. The van der Waals surface area contributed by atoms with Gasteiger partial charge in [-0.25, -0.2) is 4.98 Å². The molecule has 0 atom stereocenters. The van der Waals surface area contributed by atoms with Crippen LogP contribution in [0.4, 0.5) is 13.2 Å². The van der Waals surface area contributed by atoms with Crippen molar-refractivity contribution in [2.45, 2.75) is 6.18 Å². The monoisotopic (exact) mass is 690 g/mol. The van der Waals surface area contributed by atoms with E-state index >= 15 is 0 Å². The van der Waals surface area contributed by atoms with Crippen LogP contribution in [0.3, 0.4) is 0 Å². The average Bonchev–Trinajstić information content (AvgIpc) is 3.59. The molecule has 1 heterocycles. The van der Waals surface area contributed by atoms with Gasteiger partial charge in [-0.05, 0) is 108 Å². The fourth-order valence-electron chi connectivity index (χ4n) is 8.09. The van der Waals surface area contributed by atoms with Crippen LogP contribution in [0.25, 0.3) is 93.5 Å². The van der Waals surface area contributed by atoms with E-state index in [0.717, 1.165) is 56.1 Å². The molecule has 9 aromatic carbocycles. The van der Waals surface area contributed by atoms with Crippen molar-refractivity contribution in [2.24, 2.45) is 0 Å². The number of hydrogen-bond acceptors (Lipinski definition) is 1. The first-order valence-electron chi connectivity index (χ1n) is 17.5. The number of alkyl halides is 3. The predicted molar refractivity (Wildman–Crippen MR) is 212 cm³/mol. The van der Waals surface area contributed by atoms with Crippen LogP contribution < -0.4 is 0 Å². The van der Waals surface area contributed by atoms with Crippen molar-refractivity contribution in [2.75, 3.05) is 0 Å². The molecule has 0 fully saturated rings. The number of imidazole rings is 1. The third-order valence-electron chi connectivity index (χ3n) is 10.4. The Balaban J connectivity index is 1.24. The SMILES string of the molecule is FC(F)(F)c1ccc2c(c1)nc(-c1cccc(-c3c4ccccc4c(-c4cc5ccccc5c5ccccc45)c4ccccc34)c1)n2-c1ccccc1. The molecule has 0 radical (unpaired) electrons. The summed E-state index contributed by atoms with van der Waals surface area (Å²) in [4.78, 5) is 4.86. The first-order chi connectivity index (χ1) is 25.9. The van der Waals surface area contributed by atoms with Gasteiger partial charge in [0.05, 0.1) is 16.6 Å². The van der Waals surface area contributed by atoms with E-state index in [1.165, 1.54) is 38.7 Å². The number of halogens is 3. The van der Waals surface area contributed by atoms with Gasteiger partial charge in [-0.15, -0.1) is 0 Å². The molecule has 0 aliphatic carbocycles. The van der Waals surface area contributed by atoms with E-state index < -0.39 is 11.7 Å². The lowest BCUT2D eigenvalue weighted by molar-refractivity contribution is -0.137. The summed E-state index contributed by atoms with van der Waals surface area (Å²) in [5, 5.41) is 9.34. The average molecular weight is 691 g/mol. The highest BCUT2D eigenvalue weighted by Crippen LogP contribution is 2.47. The minimum absolute atomic E-state index is 0.284. The number of nitrogens with zero attached hydrogens (tertiary/aromatic N) is 2. The summed E-state index contributed by atoms with van der Waals surface area (Å²) in [5.74, 6) is 0.570. The zero-order valence-electron chi connectivity index (χ0n) is 28.3. The predicted octanol–water partition coefficient (Wildman–Crippen LogP) is 13.7. The van der Waals surface area contributed by atoms with Crippen LogP contribution in [0.15, 0.2) is 176 Å². The lowest BCUT2D eigenvalue weighted by Crippen LogP contribution is -2.04. The molecule has 53 heavy (non-hydrogen) atoms. The van der Waals surface area contributed by atoms with Crippen molar-refractivity contribution < 1.29 is 13.2 Å². The molecule has 1 aromatic heterocycles. The van der Waals surface area contributed by atoms with Gasteiger partial charge in [0.1, 0.15) is 5.82 Å². The summed E-state index contributed by atoms with van der Waals surface area (Å²) in [6, 6.07) is 58.3. The Morgan fingerprint density at radius 1 is 0.434 bits per heavy atom. The summed E-state index contributed by atoms with van der Waals surface area (Å²) < 4.78 is 43.4. The highest BCUT2D eigenvalue weighted by molar-refractivity contribution is 6.25. The highest BCUT2D eigenvalue weighted by Gasteiger charge is 2.31. The van der Waals surface area contributed by atoms with Crippen LogP contribution in [0.2, 0.25) is 0 Å². The van der Waals surface area contributed by atoms with Crippen LogP contribution in [-0.2, 0) is 6.18 Å². The topological polar surface area (TPSA) is 17.8 Å². The van der Waals surface area contributed by atoms with Crippen molar-refractivity contribution in [3.8, 4) is 39.3 Å². The maximum atomic E-state index is 13.8. The fourth-order valence-corrected chi connectivity index (χ4v) is 8.09. The molecule has 10 aromatic rings. The molecule has 0 saturated heterocycles. The lowest BCUT2D eigenvalue weighted by atomic mass is 9.83. The molecule has 10 rings (SSSR count). The second-order valence-electron chi connectivity index (χ2n) is 13.4. The van der Waals surface area contributed by atoms with E-state index in [2.05, 4.69) is 115 Å². The Bertz CT molecular complexity index is 2990. The Morgan fingerprint density at radius 2 is 1.00 bits per heavy atom. The van der Waals surface area contributed by atoms with Crippen molar-refractivity contribution >= 4 is 54.1 Å². The summed E-state index contributed by atoms with van der Waals surface area (Å²) in [6.07, 6.45) is -4.47. The normalized spacial score (nSPS) is 12.1. The van der Waals surface area contributed by atoms with Gasteiger partial charge in [0, 0.05) is 11.3 Å². The summed E-state index contributed by atoms with van der Waals surface area (Å²) >= 11 is 0. The Hall–Kier alpha value is -6.72. The second-order valence-corrected chi connectivity index (χ2v) is 13.4. The molecule has 2 nitrogen and oxygen atoms in total. The van der Waals surface area contributed by atoms with E-state index in [0.29, 0.717) is 11.3 Å². The van der Waals surface area contributed by atoms with Crippen molar-refractivity contribution in [3.63, 3.8) is 0 Å². The molecule has 0 bridgehead atoms. The molecule has 252 valence electrons. The maximum Gasteiger partial charge on any atom is 0.416 e. The molecule has 0 amide bonds. The molecule has 0 unspecified atom stereocenters. The molecular weight excluding hydrogens is 662 g/mol. The lowest BCUT2D eigenvalue weighted by Gasteiger charge is -2.20. The number of para-hydroxylation sites is 1. The van der Waals surface area contributed by atoms with Crippen molar-refractivity contribution in [3.05, 3.63) is 181 Å². The third-order valence-corrected chi connectivity index (χ3v) is 10.4. The number of rotatable bonds is 4. The molecule has 0 spiro atoms. The van der Waals surface area contributed by atoms with Crippen molar-refractivity contribution in [1.29, 1.82) is 0 Å². The smallest absolute Gasteiger partial charge is 0.292 e. The van der Waals surface area contributed by atoms with Crippen LogP contribution in [-0.4, -0.2) is 9.55 Å². The highest BCUT2D eigenvalue weighted by atomic mass is 19.4. The third kappa shape index (κ3) is 5.00. The number of benzene rings is 9. The number of fused-ring (bicyclic) bond motifs is 6. The largest absolute Gasteiger partial charge is 0.416 e. The first kappa shape index (κ1) is 31.1. The fraction of sp³-hybridized carbons (Fsp3) is 0.0208. The van der Waals surface area contributed by atoms with E-state index in [-0.39, 0.29) is 5.52 Å². The van der Waals surface area contributed by atoms with E-state index in [9.17, 15) is 13.2 Å². The number of hydrogen-bond donors (Lipinski definition) is 0. The Morgan fingerprint density at radius 3 is 1.68 bits per heavy atom. The molecule has 0 aliphatic rings. The molecule has 0 aliphatic heterocycles.